The van der Waals surface area contributed by atoms with Gasteiger partial charge >= 0.3 is 0 Å². The summed E-state index contributed by atoms with van der Waals surface area (Å²) >= 11 is 0. The Morgan fingerprint density at radius 1 is 0.733 bits per heavy atom. The molecule has 0 spiro atoms. The molecule has 0 bridgehead atoms. The molecule has 0 aromatic heterocycles. The minimum Gasteiger partial charge on any atom is -0.490 e. The number of hydrogen-bond acceptors (Lipinski definition) is 2. The molecule has 2 nitrogen and oxygen atoms in total. The van der Waals surface area contributed by atoms with E-state index in [4.69, 9.17) is 4.74 Å². The molecule has 0 radical (unpaired) electrons. The molecule has 1 fully saturated rings. The first kappa shape index (κ1) is 21.9. The van der Waals surface area contributed by atoms with E-state index in [9.17, 15) is 17.6 Å². The van der Waals surface area contributed by atoms with Crippen LogP contribution in [0.1, 0.15) is 43.2 Å². The summed E-state index contributed by atoms with van der Waals surface area (Å²) in [4.78, 5) is 1.78. The van der Waals surface area contributed by atoms with Crippen LogP contribution in [0.4, 0.5) is 23.2 Å². The first-order valence-electron chi connectivity index (χ1n) is 10.0. The lowest BCUT2D eigenvalue weighted by molar-refractivity contribution is 0.155. The van der Waals surface area contributed by atoms with Gasteiger partial charge in [-0.2, -0.15) is 0 Å². The maximum atomic E-state index is 14.4. The maximum absolute atomic E-state index is 14.4. The Morgan fingerprint density at radius 3 is 1.67 bits per heavy atom. The predicted octanol–water partition coefficient (Wildman–Crippen LogP) is 7.38. The van der Waals surface area contributed by atoms with Crippen LogP contribution in [0.3, 0.4) is 0 Å². The van der Waals surface area contributed by atoms with Gasteiger partial charge in [0.2, 0.25) is 0 Å². The fraction of sp³-hybridized carbons (Fsp3) is 0.333. The van der Waals surface area contributed by atoms with Crippen molar-refractivity contribution >= 4 is 17.3 Å². The van der Waals surface area contributed by atoms with E-state index in [0.29, 0.717) is 5.75 Å². The largest absolute Gasteiger partial charge is 0.490 e. The second-order valence-electron chi connectivity index (χ2n) is 7.60. The van der Waals surface area contributed by atoms with Crippen molar-refractivity contribution in [1.82, 2.24) is 0 Å². The molecule has 30 heavy (non-hydrogen) atoms. The molecule has 6 heteroatoms. The highest BCUT2D eigenvalue weighted by molar-refractivity contribution is 5.72. The summed E-state index contributed by atoms with van der Waals surface area (Å²) in [6.45, 7) is 0. The molecule has 1 aliphatic carbocycles. The van der Waals surface area contributed by atoms with E-state index in [1.807, 2.05) is 0 Å². The Balaban J connectivity index is 1.77. The molecule has 0 amide bonds. The first-order chi connectivity index (χ1) is 14.4. The number of benzene rings is 2. The van der Waals surface area contributed by atoms with Gasteiger partial charge in [-0.05, 0) is 74.2 Å². The van der Waals surface area contributed by atoms with Crippen LogP contribution in [0.15, 0.2) is 60.2 Å². The normalized spacial score (nSPS) is 16.6. The minimum absolute atomic E-state index is 0.120. The number of anilines is 1. The molecule has 0 saturated heterocycles. The van der Waals surface area contributed by atoms with Crippen LogP contribution in [-0.2, 0) is 0 Å². The monoisotopic (exact) mass is 419 g/mol. The number of rotatable bonds is 6. The summed E-state index contributed by atoms with van der Waals surface area (Å²) < 4.78 is 63.2. The second-order valence-corrected chi connectivity index (χ2v) is 7.60. The lowest BCUT2D eigenvalue weighted by Crippen LogP contribution is -2.19. The van der Waals surface area contributed by atoms with Crippen LogP contribution in [0.2, 0.25) is 0 Å². The van der Waals surface area contributed by atoms with Gasteiger partial charge in [-0.15, -0.1) is 0 Å². The lowest BCUT2D eigenvalue weighted by atomic mass is 9.98. The smallest absolute Gasteiger partial charge is 0.198 e. The molecule has 1 aliphatic rings. The minimum atomic E-state index is -1.87. The van der Waals surface area contributed by atoms with E-state index < -0.39 is 23.3 Å². The van der Waals surface area contributed by atoms with Crippen LogP contribution in [0.5, 0.6) is 5.75 Å². The topological polar surface area (TPSA) is 12.5 Å². The molecular formula is C24H25F4NO. The average molecular weight is 419 g/mol. The van der Waals surface area contributed by atoms with E-state index in [1.54, 1.807) is 31.1 Å². The molecule has 2 aromatic rings. The third-order valence-electron chi connectivity index (χ3n) is 5.18. The third-order valence-corrected chi connectivity index (χ3v) is 5.18. The van der Waals surface area contributed by atoms with Gasteiger partial charge in [0.25, 0.3) is 0 Å². The van der Waals surface area contributed by atoms with Gasteiger partial charge in [-0.3, -0.25) is 0 Å². The Morgan fingerprint density at radius 2 is 1.20 bits per heavy atom. The summed E-state index contributed by atoms with van der Waals surface area (Å²) in [5.74, 6) is -6.11. The zero-order chi connectivity index (χ0) is 21.7. The number of nitrogens with zero attached hydrogens (tertiary/aromatic N) is 1. The van der Waals surface area contributed by atoms with E-state index in [2.05, 4.69) is 0 Å². The Labute approximate surface area is 174 Å². The van der Waals surface area contributed by atoms with Gasteiger partial charge in [-0.1, -0.05) is 6.42 Å². The Bertz CT molecular complexity index is 911. The van der Waals surface area contributed by atoms with Crippen LogP contribution >= 0.6 is 0 Å². The summed E-state index contributed by atoms with van der Waals surface area (Å²) in [5, 5.41) is 0. The number of hydrogen-bond donors (Lipinski definition) is 0. The van der Waals surface area contributed by atoms with Gasteiger partial charge in [0.15, 0.2) is 23.3 Å². The van der Waals surface area contributed by atoms with Crippen LogP contribution in [0.25, 0.3) is 11.7 Å². The van der Waals surface area contributed by atoms with Crippen LogP contribution < -0.4 is 9.64 Å². The first-order valence-corrected chi connectivity index (χ1v) is 10.0. The summed E-state index contributed by atoms with van der Waals surface area (Å²) in [6, 6.07) is 11.4. The van der Waals surface area contributed by atoms with Crippen molar-refractivity contribution in [3.63, 3.8) is 0 Å². The molecule has 0 aliphatic heterocycles. The van der Waals surface area contributed by atoms with E-state index in [0.717, 1.165) is 31.4 Å². The van der Waals surface area contributed by atoms with Crippen molar-refractivity contribution < 1.29 is 22.3 Å². The fourth-order valence-electron chi connectivity index (χ4n) is 3.41. The van der Waals surface area contributed by atoms with Gasteiger partial charge < -0.3 is 9.64 Å². The molecular weight excluding hydrogens is 394 g/mol. The summed E-state index contributed by atoms with van der Waals surface area (Å²) in [5.41, 5.74) is 0.413. The lowest BCUT2D eigenvalue weighted by Gasteiger charge is -2.23. The number of ether oxygens (including phenoxy) is 1. The fourth-order valence-corrected chi connectivity index (χ4v) is 3.41. The van der Waals surface area contributed by atoms with E-state index >= 15 is 0 Å². The van der Waals surface area contributed by atoms with Crippen molar-refractivity contribution in [2.24, 2.45) is 0 Å². The summed E-state index contributed by atoms with van der Waals surface area (Å²) in [6.07, 6.45) is 5.48. The second kappa shape index (κ2) is 9.83. The van der Waals surface area contributed by atoms with Crippen molar-refractivity contribution in [3.05, 3.63) is 71.3 Å². The quantitative estimate of drug-likeness (QED) is 0.358. The average Bonchev–Trinajstić information content (AvgIpc) is 2.78. The predicted molar refractivity (Wildman–Crippen MR) is 113 cm³/mol. The van der Waals surface area contributed by atoms with Gasteiger partial charge in [0.1, 0.15) is 5.75 Å². The number of allylic oxidation sites excluding steroid dienone is 2. The van der Waals surface area contributed by atoms with E-state index in [1.165, 1.54) is 42.8 Å². The zero-order valence-corrected chi connectivity index (χ0v) is 17.1. The SMILES string of the molecule is CN(C)c1ccc(/C(F)=C(F)/C(F)=C(\F)c2ccc(OC3CCCCC3)cc2)cc1. The van der Waals surface area contributed by atoms with Crippen molar-refractivity contribution in [1.29, 1.82) is 0 Å². The highest BCUT2D eigenvalue weighted by Gasteiger charge is 2.20. The van der Waals surface area contributed by atoms with Gasteiger partial charge in [0.05, 0.1) is 6.10 Å². The van der Waals surface area contributed by atoms with Crippen molar-refractivity contribution in [2.75, 3.05) is 19.0 Å². The third kappa shape index (κ3) is 5.23. The highest BCUT2D eigenvalue weighted by Crippen LogP contribution is 2.34. The van der Waals surface area contributed by atoms with Crippen molar-refractivity contribution in [2.45, 2.75) is 38.2 Å². The molecule has 1 saturated carbocycles. The Hall–Kier alpha value is -2.76. The molecule has 0 heterocycles. The van der Waals surface area contributed by atoms with Crippen molar-refractivity contribution in [3.8, 4) is 5.75 Å². The van der Waals surface area contributed by atoms with Gasteiger partial charge in [0, 0.05) is 30.9 Å². The molecule has 3 rings (SSSR count). The van der Waals surface area contributed by atoms with Gasteiger partial charge in [-0.25, -0.2) is 17.6 Å². The summed E-state index contributed by atoms with van der Waals surface area (Å²) in [7, 11) is 3.59. The van der Waals surface area contributed by atoms with Crippen LogP contribution in [-0.4, -0.2) is 20.2 Å². The Kier molecular flexibility index (Phi) is 7.19. The van der Waals surface area contributed by atoms with Crippen LogP contribution in [0, 0.1) is 0 Å². The maximum Gasteiger partial charge on any atom is 0.198 e. The standard InChI is InChI=1S/C24H25F4NO/c1-29(2)18-12-8-16(9-13-18)21(25)23(27)24(28)22(26)17-10-14-20(15-11-17)30-19-6-4-3-5-7-19/h8-15,19H,3-7H2,1-2H3/b23-21+,24-22+. The molecule has 0 atom stereocenters. The molecule has 2 aromatic carbocycles. The number of halogens is 4. The highest BCUT2D eigenvalue weighted by atomic mass is 19.2. The zero-order valence-electron chi connectivity index (χ0n) is 17.1. The van der Waals surface area contributed by atoms with E-state index in [-0.39, 0.29) is 17.2 Å². The molecule has 160 valence electrons. The molecule has 0 unspecified atom stereocenters. The molecule has 0 N–H and O–H groups in total.